The molecule has 0 aromatic heterocycles. The minimum Gasteiger partial charge on any atom is -0.501 e. The standard InChI is InChI=1S/C13H15FO2/c1-9-4-5-11(12(14)7-9)13(15)10-3-2-6-16-8-10/h4-5,7-8,13,15H,2-3,6H2,1H3. The molecule has 86 valence electrons. The van der Waals surface area contributed by atoms with Crippen molar-refractivity contribution in [2.24, 2.45) is 0 Å². The van der Waals surface area contributed by atoms with Crippen LogP contribution in [0, 0.1) is 12.7 Å². The lowest BCUT2D eigenvalue weighted by Crippen LogP contribution is -2.09. The van der Waals surface area contributed by atoms with Crippen LogP contribution in [0.5, 0.6) is 0 Å². The number of hydrogen-bond acceptors (Lipinski definition) is 2. The molecule has 1 N–H and O–H groups in total. The molecule has 1 aromatic rings. The van der Waals surface area contributed by atoms with Crippen molar-refractivity contribution in [3.8, 4) is 0 Å². The van der Waals surface area contributed by atoms with E-state index in [0.29, 0.717) is 12.2 Å². The SMILES string of the molecule is Cc1ccc(C(O)C2=COCCC2)c(F)c1. The zero-order chi connectivity index (χ0) is 11.5. The molecule has 1 atom stereocenters. The van der Waals surface area contributed by atoms with Crippen molar-refractivity contribution in [2.75, 3.05) is 6.61 Å². The van der Waals surface area contributed by atoms with E-state index in [9.17, 15) is 9.50 Å². The maximum atomic E-state index is 13.6. The van der Waals surface area contributed by atoms with Gasteiger partial charge in [-0.15, -0.1) is 0 Å². The van der Waals surface area contributed by atoms with Gasteiger partial charge in [-0.05, 0) is 37.0 Å². The van der Waals surface area contributed by atoms with Gasteiger partial charge in [0, 0.05) is 5.56 Å². The topological polar surface area (TPSA) is 29.5 Å². The number of hydrogen-bond donors (Lipinski definition) is 1. The van der Waals surface area contributed by atoms with Crippen molar-refractivity contribution in [3.63, 3.8) is 0 Å². The average Bonchev–Trinajstić information content (AvgIpc) is 2.29. The highest BCUT2D eigenvalue weighted by molar-refractivity contribution is 5.30. The molecule has 1 unspecified atom stereocenters. The Balaban J connectivity index is 2.26. The molecule has 0 saturated heterocycles. The first-order chi connectivity index (χ1) is 7.68. The number of benzene rings is 1. The van der Waals surface area contributed by atoms with Crippen LogP contribution >= 0.6 is 0 Å². The first kappa shape index (κ1) is 11.1. The minimum atomic E-state index is -0.888. The van der Waals surface area contributed by atoms with Gasteiger partial charge in [0.1, 0.15) is 11.9 Å². The van der Waals surface area contributed by atoms with Gasteiger partial charge in [-0.1, -0.05) is 12.1 Å². The van der Waals surface area contributed by atoms with Crippen molar-refractivity contribution in [3.05, 3.63) is 47.0 Å². The van der Waals surface area contributed by atoms with E-state index in [2.05, 4.69) is 0 Å². The lowest BCUT2D eigenvalue weighted by atomic mass is 9.97. The van der Waals surface area contributed by atoms with Crippen LogP contribution in [0.2, 0.25) is 0 Å². The number of rotatable bonds is 2. The van der Waals surface area contributed by atoms with Gasteiger partial charge in [0.2, 0.25) is 0 Å². The molecule has 0 amide bonds. The third-order valence-corrected chi connectivity index (χ3v) is 2.76. The molecule has 1 aliphatic rings. The lowest BCUT2D eigenvalue weighted by Gasteiger charge is -2.19. The first-order valence-electron chi connectivity index (χ1n) is 5.43. The molecule has 1 aromatic carbocycles. The van der Waals surface area contributed by atoms with E-state index >= 15 is 0 Å². The normalized spacial score (nSPS) is 17.6. The summed E-state index contributed by atoms with van der Waals surface area (Å²) in [5.74, 6) is -0.362. The van der Waals surface area contributed by atoms with Gasteiger partial charge < -0.3 is 9.84 Å². The van der Waals surface area contributed by atoms with Crippen LogP contribution in [-0.4, -0.2) is 11.7 Å². The van der Waals surface area contributed by atoms with E-state index in [-0.39, 0.29) is 5.82 Å². The molecular formula is C13H15FO2. The van der Waals surface area contributed by atoms with Crippen LogP contribution in [0.3, 0.4) is 0 Å². The number of aliphatic hydroxyl groups is 1. The number of aryl methyl sites for hydroxylation is 1. The van der Waals surface area contributed by atoms with Gasteiger partial charge in [0.05, 0.1) is 12.9 Å². The predicted molar refractivity (Wildman–Crippen MR) is 59.4 cm³/mol. The Bertz CT molecular complexity index is 412. The molecule has 1 heterocycles. The molecule has 3 heteroatoms. The van der Waals surface area contributed by atoms with Crippen molar-refractivity contribution in [2.45, 2.75) is 25.9 Å². The van der Waals surface area contributed by atoms with E-state index in [0.717, 1.165) is 24.0 Å². The summed E-state index contributed by atoms with van der Waals surface area (Å²) in [5.41, 5.74) is 1.92. The number of ether oxygens (including phenoxy) is 1. The maximum absolute atomic E-state index is 13.6. The van der Waals surface area contributed by atoms with Gasteiger partial charge in [0.25, 0.3) is 0 Å². The Morgan fingerprint density at radius 3 is 2.88 bits per heavy atom. The molecule has 1 aliphatic heterocycles. The fraction of sp³-hybridized carbons (Fsp3) is 0.385. The zero-order valence-corrected chi connectivity index (χ0v) is 9.24. The fourth-order valence-corrected chi connectivity index (χ4v) is 1.84. The van der Waals surface area contributed by atoms with Gasteiger partial charge in [-0.3, -0.25) is 0 Å². The van der Waals surface area contributed by atoms with E-state index in [1.54, 1.807) is 18.4 Å². The summed E-state index contributed by atoms with van der Waals surface area (Å²) in [6.45, 7) is 2.49. The van der Waals surface area contributed by atoms with Crippen LogP contribution < -0.4 is 0 Å². The number of halogens is 1. The Morgan fingerprint density at radius 1 is 1.44 bits per heavy atom. The van der Waals surface area contributed by atoms with E-state index in [1.807, 2.05) is 6.92 Å². The molecule has 0 saturated carbocycles. The molecule has 0 radical (unpaired) electrons. The van der Waals surface area contributed by atoms with Crippen LogP contribution in [-0.2, 0) is 4.74 Å². The smallest absolute Gasteiger partial charge is 0.129 e. The summed E-state index contributed by atoms with van der Waals surface area (Å²) in [5, 5.41) is 10.0. The highest BCUT2D eigenvalue weighted by Crippen LogP contribution is 2.29. The molecule has 2 nitrogen and oxygen atoms in total. The Kier molecular flexibility index (Phi) is 3.25. The van der Waals surface area contributed by atoms with E-state index in [1.165, 1.54) is 6.07 Å². The molecule has 0 spiro atoms. The summed E-state index contributed by atoms with van der Waals surface area (Å²) in [6.07, 6.45) is 2.29. The van der Waals surface area contributed by atoms with Gasteiger partial charge in [-0.25, -0.2) is 4.39 Å². The lowest BCUT2D eigenvalue weighted by molar-refractivity contribution is 0.167. The zero-order valence-electron chi connectivity index (χ0n) is 9.24. The summed E-state index contributed by atoms with van der Waals surface area (Å²) in [7, 11) is 0. The second kappa shape index (κ2) is 4.66. The second-order valence-corrected chi connectivity index (χ2v) is 4.09. The largest absolute Gasteiger partial charge is 0.501 e. The average molecular weight is 222 g/mol. The fourth-order valence-electron chi connectivity index (χ4n) is 1.84. The van der Waals surface area contributed by atoms with Crippen LogP contribution in [0.25, 0.3) is 0 Å². The Labute approximate surface area is 94.4 Å². The molecule has 0 bridgehead atoms. The van der Waals surface area contributed by atoms with Crippen molar-refractivity contribution < 1.29 is 14.2 Å². The predicted octanol–water partition coefficient (Wildman–Crippen LogP) is 2.86. The van der Waals surface area contributed by atoms with Crippen molar-refractivity contribution in [1.29, 1.82) is 0 Å². The van der Waals surface area contributed by atoms with Crippen molar-refractivity contribution >= 4 is 0 Å². The third kappa shape index (κ3) is 2.25. The van der Waals surface area contributed by atoms with Crippen molar-refractivity contribution in [1.82, 2.24) is 0 Å². The van der Waals surface area contributed by atoms with Crippen LogP contribution in [0.15, 0.2) is 30.0 Å². The molecule has 0 aliphatic carbocycles. The maximum Gasteiger partial charge on any atom is 0.129 e. The van der Waals surface area contributed by atoms with Gasteiger partial charge >= 0.3 is 0 Å². The summed E-state index contributed by atoms with van der Waals surface area (Å²) in [4.78, 5) is 0. The van der Waals surface area contributed by atoms with E-state index in [4.69, 9.17) is 4.74 Å². The monoisotopic (exact) mass is 222 g/mol. The molecule has 2 rings (SSSR count). The molecule has 0 fully saturated rings. The highest BCUT2D eigenvalue weighted by Gasteiger charge is 2.19. The summed E-state index contributed by atoms with van der Waals surface area (Å²) < 4.78 is 18.8. The highest BCUT2D eigenvalue weighted by atomic mass is 19.1. The van der Waals surface area contributed by atoms with Gasteiger partial charge in [-0.2, -0.15) is 0 Å². The molecular weight excluding hydrogens is 207 g/mol. The quantitative estimate of drug-likeness (QED) is 0.833. The third-order valence-electron chi connectivity index (χ3n) is 2.76. The summed E-state index contributed by atoms with van der Waals surface area (Å²) in [6, 6.07) is 4.86. The van der Waals surface area contributed by atoms with Gasteiger partial charge in [0.15, 0.2) is 0 Å². The second-order valence-electron chi connectivity index (χ2n) is 4.09. The Hall–Kier alpha value is -1.35. The molecule has 16 heavy (non-hydrogen) atoms. The Morgan fingerprint density at radius 2 is 2.25 bits per heavy atom. The van der Waals surface area contributed by atoms with Crippen LogP contribution in [0.1, 0.15) is 30.1 Å². The first-order valence-corrected chi connectivity index (χ1v) is 5.43. The number of aliphatic hydroxyl groups excluding tert-OH is 1. The minimum absolute atomic E-state index is 0.322. The van der Waals surface area contributed by atoms with E-state index < -0.39 is 6.10 Å². The van der Waals surface area contributed by atoms with Crippen LogP contribution in [0.4, 0.5) is 4.39 Å². The summed E-state index contributed by atoms with van der Waals surface area (Å²) >= 11 is 0.